The van der Waals surface area contributed by atoms with Crippen molar-refractivity contribution in [3.05, 3.63) is 34.6 Å². The van der Waals surface area contributed by atoms with E-state index in [2.05, 4.69) is 0 Å². The Bertz CT molecular complexity index is 684. The summed E-state index contributed by atoms with van der Waals surface area (Å²) in [6.07, 6.45) is 1.94. The van der Waals surface area contributed by atoms with Crippen LogP contribution in [0, 0.1) is 17.7 Å². The normalized spacial score (nSPS) is 27.3. The van der Waals surface area contributed by atoms with Gasteiger partial charge < -0.3 is 5.73 Å². The lowest BCUT2D eigenvalue weighted by molar-refractivity contribution is 0.370. The monoisotopic (exact) mass is 397 g/mol. The molecule has 0 amide bonds. The Morgan fingerprint density at radius 3 is 2.71 bits per heavy atom. The van der Waals surface area contributed by atoms with Crippen LogP contribution in [-0.4, -0.2) is 43.2 Å². The first-order valence-electron chi connectivity index (χ1n) is 7.70. The summed E-state index contributed by atoms with van der Waals surface area (Å²) in [6, 6.07) is 4.41. The van der Waals surface area contributed by atoms with Crippen molar-refractivity contribution in [3.8, 4) is 0 Å². The third-order valence-electron chi connectivity index (χ3n) is 5.04. The van der Waals surface area contributed by atoms with E-state index >= 15 is 0 Å². The summed E-state index contributed by atoms with van der Waals surface area (Å²) in [5.74, 6) is 0.0697. The second-order valence-corrected chi connectivity index (χ2v) is 8.89. The molecule has 1 saturated heterocycles. The van der Waals surface area contributed by atoms with Gasteiger partial charge in [-0.2, -0.15) is 17.0 Å². The molecule has 2 fully saturated rings. The van der Waals surface area contributed by atoms with Gasteiger partial charge in [-0.25, -0.2) is 4.39 Å². The zero-order valence-electron chi connectivity index (χ0n) is 13.4. The molecule has 3 atom stereocenters. The Morgan fingerprint density at radius 1 is 1.38 bits per heavy atom. The second-order valence-electron chi connectivity index (χ2n) is 6.45. The summed E-state index contributed by atoms with van der Waals surface area (Å²) in [6.45, 7) is 0.852. The van der Waals surface area contributed by atoms with Crippen molar-refractivity contribution >= 4 is 34.2 Å². The van der Waals surface area contributed by atoms with Crippen molar-refractivity contribution in [2.45, 2.75) is 25.4 Å². The lowest BCUT2D eigenvalue weighted by atomic mass is 9.98. The van der Waals surface area contributed by atoms with Crippen LogP contribution < -0.4 is 5.73 Å². The van der Waals surface area contributed by atoms with Crippen molar-refractivity contribution in [2.75, 3.05) is 20.1 Å². The first-order valence-corrected chi connectivity index (χ1v) is 9.48. The van der Waals surface area contributed by atoms with Crippen molar-refractivity contribution in [2.24, 2.45) is 17.6 Å². The molecule has 0 aromatic heterocycles. The molecule has 3 rings (SSSR count). The molecule has 24 heavy (non-hydrogen) atoms. The van der Waals surface area contributed by atoms with Crippen LogP contribution in [-0.2, 0) is 16.8 Å². The highest BCUT2D eigenvalue weighted by molar-refractivity contribution is 7.86. The fourth-order valence-electron chi connectivity index (χ4n) is 3.64. The van der Waals surface area contributed by atoms with E-state index in [1.807, 2.05) is 0 Å². The van der Waals surface area contributed by atoms with Gasteiger partial charge in [-0.3, -0.25) is 0 Å². The number of nitrogens with zero attached hydrogens (tertiary/aromatic N) is 2. The molecule has 0 spiro atoms. The Morgan fingerprint density at radius 2 is 2.08 bits per heavy atom. The molecule has 0 bridgehead atoms. The van der Waals surface area contributed by atoms with E-state index in [4.69, 9.17) is 17.3 Å². The molecule has 9 heteroatoms. The van der Waals surface area contributed by atoms with Crippen LogP contribution in [0.1, 0.15) is 18.4 Å². The van der Waals surface area contributed by atoms with Crippen molar-refractivity contribution in [1.82, 2.24) is 8.61 Å². The van der Waals surface area contributed by atoms with Gasteiger partial charge in [0.2, 0.25) is 0 Å². The van der Waals surface area contributed by atoms with Gasteiger partial charge in [-0.1, -0.05) is 17.7 Å². The maximum atomic E-state index is 13.9. The van der Waals surface area contributed by atoms with E-state index < -0.39 is 16.0 Å². The molecule has 2 N–H and O–H groups in total. The lowest BCUT2D eigenvalue weighted by Gasteiger charge is -2.25. The molecule has 2 aliphatic rings. The van der Waals surface area contributed by atoms with Gasteiger partial charge in [0.15, 0.2) is 0 Å². The van der Waals surface area contributed by atoms with E-state index in [9.17, 15) is 12.8 Å². The number of fused-ring (bicyclic) bond motifs is 1. The van der Waals surface area contributed by atoms with Crippen LogP contribution in [0.2, 0.25) is 5.02 Å². The molecule has 1 aromatic rings. The maximum absolute atomic E-state index is 13.9. The molecule has 1 aliphatic heterocycles. The number of halogens is 3. The molecule has 5 nitrogen and oxygen atoms in total. The molecular formula is C15H22Cl2FN3O2S. The highest BCUT2D eigenvalue weighted by Gasteiger charge is 2.45. The average Bonchev–Trinajstić information content (AvgIpc) is 3.06. The first kappa shape index (κ1) is 19.9. The lowest BCUT2D eigenvalue weighted by Crippen LogP contribution is -2.41. The van der Waals surface area contributed by atoms with E-state index in [0.29, 0.717) is 19.0 Å². The van der Waals surface area contributed by atoms with E-state index in [1.54, 1.807) is 6.07 Å². The average molecular weight is 398 g/mol. The topological polar surface area (TPSA) is 66.6 Å². The van der Waals surface area contributed by atoms with Crippen molar-refractivity contribution in [3.63, 3.8) is 0 Å². The van der Waals surface area contributed by atoms with Crippen LogP contribution in [0.25, 0.3) is 0 Å². The minimum atomic E-state index is -3.65. The van der Waals surface area contributed by atoms with Crippen LogP contribution >= 0.6 is 24.0 Å². The van der Waals surface area contributed by atoms with Gasteiger partial charge in [0.05, 0.1) is 0 Å². The predicted molar refractivity (Wildman–Crippen MR) is 94.8 cm³/mol. The molecule has 136 valence electrons. The Hall–Kier alpha value is -0.440. The van der Waals surface area contributed by atoms with Gasteiger partial charge in [-0.05, 0) is 36.8 Å². The number of nitrogens with two attached hydrogens (primary N) is 1. The van der Waals surface area contributed by atoms with E-state index in [0.717, 1.165) is 17.1 Å². The van der Waals surface area contributed by atoms with Crippen LogP contribution in [0.5, 0.6) is 0 Å². The highest BCUT2D eigenvalue weighted by Crippen LogP contribution is 2.38. The van der Waals surface area contributed by atoms with Crippen LogP contribution in [0.3, 0.4) is 0 Å². The summed E-state index contributed by atoms with van der Waals surface area (Å²) in [4.78, 5) is 0. The minimum Gasteiger partial charge on any atom is -0.327 e. The number of hydrogen-bond acceptors (Lipinski definition) is 3. The largest absolute Gasteiger partial charge is 0.327 e. The summed E-state index contributed by atoms with van der Waals surface area (Å²) >= 11 is 5.99. The fourth-order valence-corrected chi connectivity index (χ4v) is 5.29. The predicted octanol–water partition coefficient (Wildman–Crippen LogP) is 2.25. The fraction of sp³-hybridized carbons (Fsp3) is 0.600. The summed E-state index contributed by atoms with van der Waals surface area (Å²) in [5.41, 5.74) is 6.25. The van der Waals surface area contributed by atoms with Gasteiger partial charge in [0.1, 0.15) is 5.82 Å². The van der Waals surface area contributed by atoms with Crippen molar-refractivity contribution in [1.29, 1.82) is 0 Å². The van der Waals surface area contributed by atoms with E-state index in [1.165, 1.54) is 23.5 Å². The van der Waals surface area contributed by atoms with E-state index in [-0.39, 0.29) is 41.5 Å². The Kier molecular flexibility index (Phi) is 6.16. The molecule has 1 aromatic carbocycles. The van der Waals surface area contributed by atoms with Gasteiger partial charge in [0, 0.05) is 43.3 Å². The van der Waals surface area contributed by atoms with Crippen LogP contribution in [0.4, 0.5) is 4.39 Å². The highest BCUT2D eigenvalue weighted by atomic mass is 35.5. The third-order valence-corrected chi connectivity index (χ3v) is 7.26. The zero-order chi connectivity index (χ0) is 16.8. The van der Waals surface area contributed by atoms with Crippen LogP contribution in [0.15, 0.2) is 18.2 Å². The Balaban J connectivity index is 0.00000208. The number of hydrogen-bond donors (Lipinski definition) is 1. The second kappa shape index (κ2) is 7.43. The smallest absolute Gasteiger partial charge is 0.282 e. The zero-order valence-corrected chi connectivity index (χ0v) is 15.7. The molecule has 0 radical (unpaired) electrons. The minimum absolute atomic E-state index is 0. The number of rotatable bonds is 4. The maximum Gasteiger partial charge on any atom is 0.282 e. The van der Waals surface area contributed by atoms with Crippen molar-refractivity contribution < 1.29 is 12.8 Å². The van der Waals surface area contributed by atoms with Gasteiger partial charge >= 0.3 is 0 Å². The Labute approximate surface area is 153 Å². The molecular weight excluding hydrogens is 376 g/mol. The standard InChI is InChI=1S/C15H21ClFN3O2S.ClH/c1-19(8-12-13(16)3-2-4-14(12)17)23(21,22)20-7-10-5-6-15(18)11(10)9-20;/h2-4,10-11,15H,5-9,18H2,1H3;1H. The molecule has 1 heterocycles. The third kappa shape index (κ3) is 3.57. The first-order chi connectivity index (χ1) is 10.8. The molecule has 1 aliphatic carbocycles. The number of benzene rings is 1. The molecule has 1 saturated carbocycles. The summed E-state index contributed by atoms with van der Waals surface area (Å²) in [7, 11) is -2.20. The quantitative estimate of drug-likeness (QED) is 0.846. The SMILES string of the molecule is CN(Cc1c(F)cccc1Cl)S(=O)(=O)N1CC2CCC(N)C2C1.Cl. The van der Waals surface area contributed by atoms with Gasteiger partial charge in [0.25, 0.3) is 10.2 Å². The summed E-state index contributed by atoms with van der Waals surface area (Å²) in [5, 5.41) is 0.229. The summed E-state index contributed by atoms with van der Waals surface area (Å²) < 4.78 is 42.0. The van der Waals surface area contributed by atoms with Gasteiger partial charge in [-0.15, -0.1) is 12.4 Å². The molecule has 3 unspecified atom stereocenters.